The summed E-state index contributed by atoms with van der Waals surface area (Å²) in [7, 11) is 0. The predicted molar refractivity (Wildman–Crippen MR) is 29.3 cm³/mol. The zero-order chi connectivity index (χ0) is 7.11. The molecular formula is C5H6N2O2. The molecule has 1 amide bonds. The maximum Gasteiger partial charge on any atom is 0.207 e. The molecule has 1 atom stereocenters. The quantitative estimate of drug-likeness (QED) is 0.502. The molecule has 0 heterocycles. The molecule has 0 spiro atoms. The minimum absolute atomic E-state index is 0.0300. The monoisotopic (exact) mass is 126 g/mol. The van der Waals surface area contributed by atoms with Gasteiger partial charge >= 0.3 is 0 Å². The lowest BCUT2D eigenvalue weighted by Crippen LogP contribution is -2.28. The van der Waals surface area contributed by atoms with Crippen LogP contribution in [0.25, 0.3) is 0 Å². The highest BCUT2D eigenvalue weighted by Crippen LogP contribution is 1.81. The molecule has 0 aliphatic rings. The van der Waals surface area contributed by atoms with Gasteiger partial charge in [0, 0.05) is 0 Å². The number of nitrogens with one attached hydrogen (secondary N) is 1. The van der Waals surface area contributed by atoms with Crippen LogP contribution in [-0.4, -0.2) is 18.7 Å². The summed E-state index contributed by atoms with van der Waals surface area (Å²) in [6, 6.07) is 1.11. The molecule has 0 aliphatic carbocycles. The largest absolute Gasteiger partial charge is 0.348 e. The Kier molecular flexibility index (Phi) is 4.05. The van der Waals surface area contributed by atoms with E-state index in [-0.39, 0.29) is 6.42 Å². The fourth-order valence-electron chi connectivity index (χ4n) is 0.332. The Labute approximate surface area is 52.5 Å². The summed E-state index contributed by atoms with van der Waals surface area (Å²) < 4.78 is 0. The summed E-state index contributed by atoms with van der Waals surface area (Å²) >= 11 is 0. The fourth-order valence-corrected chi connectivity index (χ4v) is 0.332. The summed E-state index contributed by atoms with van der Waals surface area (Å²) in [6.07, 6.45) is 0.955. The van der Waals surface area contributed by atoms with E-state index in [1.807, 2.05) is 0 Å². The zero-order valence-electron chi connectivity index (χ0n) is 4.70. The van der Waals surface area contributed by atoms with E-state index in [1.165, 1.54) is 0 Å². The Bertz CT molecular complexity index is 138. The molecule has 0 aliphatic heterocycles. The second-order valence-electron chi connectivity index (χ2n) is 1.39. The third-order valence-electron chi connectivity index (χ3n) is 0.758. The van der Waals surface area contributed by atoms with E-state index in [0.29, 0.717) is 12.7 Å². The van der Waals surface area contributed by atoms with Gasteiger partial charge < -0.3 is 10.1 Å². The number of rotatable bonds is 4. The van der Waals surface area contributed by atoms with Gasteiger partial charge in [0.15, 0.2) is 0 Å². The molecule has 4 nitrogen and oxygen atoms in total. The molecule has 0 aromatic rings. The highest BCUT2D eigenvalue weighted by molar-refractivity contribution is 5.63. The van der Waals surface area contributed by atoms with Gasteiger partial charge in [0.2, 0.25) is 6.41 Å². The number of carbonyl (C=O) groups is 2. The first-order valence-corrected chi connectivity index (χ1v) is 2.37. The normalized spacial score (nSPS) is 11.0. The number of nitrogens with zero attached hydrogens (tertiary/aromatic N) is 1. The van der Waals surface area contributed by atoms with Crippen LogP contribution in [0, 0.1) is 11.3 Å². The fraction of sp³-hybridized carbons (Fsp3) is 0.400. The molecule has 0 saturated heterocycles. The molecule has 4 heteroatoms. The third-order valence-corrected chi connectivity index (χ3v) is 0.758. The Balaban J connectivity index is 3.56. The average Bonchev–Trinajstić information content (AvgIpc) is 1.88. The maximum absolute atomic E-state index is 9.91. The molecule has 48 valence electrons. The zero-order valence-corrected chi connectivity index (χ0v) is 4.70. The van der Waals surface area contributed by atoms with E-state index in [9.17, 15) is 9.59 Å². The molecule has 0 radical (unpaired) electrons. The van der Waals surface area contributed by atoms with Gasteiger partial charge in [-0.2, -0.15) is 5.26 Å². The van der Waals surface area contributed by atoms with E-state index in [4.69, 9.17) is 5.26 Å². The maximum atomic E-state index is 9.91. The minimum Gasteiger partial charge on any atom is -0.348 e. The highest BCUT2D eigenvalue weighted by atomic mass is 16.1. The van der Waals surface area contributed by atoms with Gasteiger partial charge in [-0.25, -0.2) is 0 Å². The summed E-state index contributed by atoms with van der Waals surface area (Å²) in [4.78, 5) is 19.6. The molecule has 0 fully saturated rings. The lowest BCUT2D eigenvalue weighted by Gasteiger charge is -1.99. The van der Waals surface area contributed by atoms with Crippen LogP contribution in [0.4, 0.5) is 0 Å². The van der Waals surface area contributed by atoms with Crippen molar-refractivity contribution in [3.05, 3.63) is 0 Å². The van der Waals surface area contributed by atoms with Crippen LogP contribution in [0.1, 0.15) is 6.42 Å². The first-order chi connectivity index (χ1) is 4.35. The molecule has 0 saturated carbocycles. The van der Waals surface area contributed by atoms with Crippen molar-refractivity contribution in [2.75, 3.05) is 0 Å². The summed E-state index contributed by atoms with van der Waals surface area (Å²) in [6.45, 7) is 0. The minimum atomic E-state index is -0.646. The molecule has 0 unspecified atom stereocenters. The molecule has 9 heavy (non-hydrogen) atoms. The van der Waals surface area contributed by atoms with Gasteiger partial charge in [-0.05, 0) is 0 Å². The molecule has 0 bridgehead atoms. The number of hydrogen-bond donors (Lipinski definition) is 1. The number of hydrogen-bond acceptors (Lipinski definition) is 3. The van der Waals surface area contributed by atoms with Crippen LogP contribution in [0.3, 0.4) is 0 Å². The lowest BCUT2D eigenvalue weighted by atomic mass is 10.2. The first-order valence-electron chi connectivity index (χ1n) is 2.37. The third kappa shape index (κ3) is 3.23. The Hall–Kier alpha value is -1.37. The van der Waals surface area contributed by atoms with Gasteiger partial charge in [-0.3, -0.25) is 4.79 Å². The standard InChI is InChI=1S/C5H6N2O2/c6-2-1-5(3-8)7-4-9/h3-5H,1H2,(H,7,9)/t5-/m0/s1. The number of carbonyl (C=O) groups excluding carboxylic acids is 2. The lowest BCUT2D eigenvalue weighted by molar-refractivity contribution is -0.115. The van der Waals surface area contributed by atoms with Crippen molar-refractivity contribution in [1.82, 2.24) is 5.32 Å². The first kappa shape index (κ1) is 7.63. The second kappa shape index (κ2) is 4.78. The van der Waals surface area contributed by atoms with Crippen molar-refractivity contribution in [1.29, 1.82) is 5.26 Å². The van der Waals surface area contributed by atoms with E-state index in [1.54, 1.807) is 6.07 Å². The van der Waals surface area contributed by atoms with Gasteiger partial charge in [0.05, 0.1) is 18.5 Å². The Morgan fingerprint density at radius 3 is 2.67 bits per heavy atom. The van der Waals surface area contributed by atoms with Gasteiger partial charge in [0.1, 0.15) is 6.29 Å². The van der Waals surface area contributed by atoms with Gasteiger partial charge in [-0.15, -0.1) is 0 Å². The average molecular weight is 126 g/mol. The van der Waals surface area contributed by atoms with Crippen molar-refractivity contribution < 1.29 is 9.59 Å². The van der Waals surface area contributed by atoms with E-state index in [2.05, 4.69) is 5.32 Å². The van der Waals surface area contributed by atoms with Crippen LogP contribution in [0.2, 0.25) is 0 Å². The van der Waals surface area contributed by atoms with E-state index in [0.717, 1.165) is 0 Å². The van der Waals surface area contributed by atoms with E-state index < -0.39 is 6.04 Å². The van der Waals surface area contributed by atoms with Crippen LogP contribution < -0.4 is 5.32 Å². The highest BCUT2D eigenvalue weighted by Gasteiger charge is 2.01. The number of aldehydes is 1. The van der Waals surface area contributed by atoms with Crippen molar-refractivity contribution in [3.63, 3.8) is 0 Å². The molecule has 1 N–H and O–H groups in total. The van der Waals surface area contributed by atoms with Crippen molar-refractivity contribution in [2.24, 2.45) is 0 Å². The summed E-state index contributed by atoms with van der Waals surface area (Å²) in [5.74, 6) is 0. The number of nitriles is 1. The van der Waals surface area contributed by atoms with Crippen molar-refractivity contribution in [3.8, 4) is 6.07 Å². The van der Waals surface area contributed by atoms with Crippen molar-refractivity contribution in [2.45, 2.75) is 12.5 Å². The topological polar surface area (TPSA) is 70.0 Å². The Morgan fingerprint density at radius 1 is 1.67 bits per heavy atom. The molecular weight excluding hydrogens is 120 g/mol. The molecule has 0 aromatic heterocycles. The van der Waals surface area contributed by atoms with Gasteiger partial charge in [-0.1, -0.05) is 0 Å². The molecule has 0 aromatic carbocycles. The van der Waals surface area contributed by atoms with Crippen LogP contribution in [0.5, 0.6) is 0 Å². The second-order valence-corrected chi connectivity index (χ2v) is 1.39. The van der Waals surface area contributed by atoms with Crippen LogP contribution in [-0.2, 0) is 9.59 Å². The molecule has 0 rings (SSSR count). The smallest absolute Gasteiger partial charge is 0.207 e. The van der Waals surface area contributed by atoms with Crippen LogP contribution in [0.15, 0.2) is 0 Å². The van der Waals surface area contributed by atoms with Gasteiger partial charge in [0.25, 0.3) is 0 Å². The SMILES string of the molecule is N#CC[C@@H](C=O)NC=O. The number of amides is 1. The summed E-state index contributed by atoms with van der Waals surface area (Å²) in [5.41, 5.74) is 0. The summed E-state index contributed by atoms with van der Waals surface area (Å²) in [5, 5.41) is 10.2. The van der Waals surface area contributed by atoms with Crippen LogP contribution >= 0.6 is 0 Å². The van der Waals surface area contributed by atoms with Crippen molar-refractivity contribution >= 4 is 12.7 Å². The van der Waals surface area contributed by atoms with E-state index >= 15 is 0 Å². The Morgan fingerprint density at radius 2 is 2.33 bits per heavy atom. The predicted octanol–water partition coefficient (Wildman–Crippen LogP) is -0.786.